The molecule has 8 heteroatoms. The van der Waals surface area contributed by atoms with E-state index in [1.165, 1.54) is 12.4 Å². The predicted octanol–water partition coefficient (Wildman–Crippen LogP) is 0.460. The first-order valence-corrected chi connectivity index (χ1v) is 8.00. The Morgan fingerprint density at radius 1 is 1.14 bits per heavy atom. The summed E-state index contributed by atoms with van der Waals surface area (Å²) in [7, 11) is -3.64. The van der Waals surface area contributed by atoms with Crippen molar-refractivity contribution in [2.45, 2.75) is 25.0 Å². The average molecular weight is 307 g/mol. The normalized spacial score (nSPS) is 11.5. The molecule has 0 fully saturated rings. The van der Waals surface area contributed by atoms with Gasteiger partial charge < -0.3 is 5.32 Å². The van der Waals surface area contributed by atoms with Crippen LogP contribution < -0.4 is 10.0 Å². The molecule has 0 aliphatic carbocycles. The van der Waals surface area contributed by atoms with Gasteiger partial charge in [0.2, 0.25) is 0 Å². The molecule has 112 valence electrons. The maximum absolute atomic E-state index is 12.1. The van der Waals surface area contributed by atoms with Gasteiger partial charge >= 0.3 is 0 Å². The van der Waals surface area contributed by atoms with E-state index in [2.05, 4.69) is 25.0 Å². The van der Waals surface area contributed by atoms with E-state index in [9.17, 15) is 8.42 Å². The minimum Gasteiger partial charge on any atom is -0.313 e. The third-order valence-corrected chi connectivity index (χ3v) is 4.06. The monoisotopic (exact) mass is 307 g/mol. The van der Waals surface area contributed by atoms with Crippen molar-refractivity contribution in [2.75, 3.05) is 6.54 Å². The molecule has 0 atom stereocenters. The molecule has 0 saturated carbocycles. The Kier molecular flexibility index (Phi) is 5.32. The van der Waals surface area contributed by atoms with Crippen LogP contribution in [0.3, 0.4) is 0 Å². The SMILES string of the molecule is CCNCc1ccc(S(=O)(=O)NCc2ccncn2)nc1. The molecule has 0 radical (unpaired) electrons. The minimum absolute atomic E-state index is 0.00296. The lowest BCUT2D eigenvalue weighted by Gasteiger charge is -2.07. The Hall–Kier alpha value is -1.90. The molecule has 0 aromatic carbocycles. The number of nitrogens with zero attached hydrogens (tertiary/aromatic N) is 3. The van der Waals surface area contributed by atoms with Gasteiger partial charge in [-0.25, -0.2) is 28.1 Å². The van der Waals surface area contributed by atoms with Crippen molar-refractivity contribution in [2.24, 2.45) is 0 Å². The maximum atomic E-state index is 12.1. The number of nitrogens with one attached hydrogen (secondary N) is 2. The van der Waals surface area contributed by atoms with Crippen molar-refractivity contribution in [3.8, 4) is 0 Å². The van der Waals surface area contributed by atoms with E-state index >= 15 is 0 Å². The zero-order valence-electron chi connectivity index (χ0n) is 11.7. The minimum atomic E-state index is -3.64. The Bertz CT molecular complexity index is 659. The first kappa shape index (κ1) is 15.5. The van der Waals surface area contributed by atoms with E-state index in [1.807, 2.05) is 6.92 Å². The summed E-state index contributed by atoms with van der Waals surface area (Å²) < 4.78 is 26.7. The van der Waals surface area contributed by atoms with E-state index in [4.69, 9.17) is 0 Å². The average Bonchev–Trinajstić information content (AvgIpc) is 2.52. The maximum Gasteiger partial charge on any atom is 0.258 e. The van der Waals surface area contributed by atoms with Gasteiger partial charge in [-0.15, -0.1) is 0 Å². The summed E-state index contributed by atoms with van der Waals surface area (Å²) in [5.41, 5.74) is 1.53. The van der Waals surface area contributed by atoms with Crippen LogP contribution in [0.25, 0.3) is 0 Å². The van der Waals surface area contributed by atoms with Crippen LogP contribution in [0.1, 0.15) is 18.2 Å². The second-order valence-corrected chi connectivity index (χ2v) is 6.02. The van der Waals surface area contributed by atoms with E-state index in [1.54, 1.807) is 24.5 Å². The predicted molar refractivity (Wildman–Crippen MR) is 77.7 cm³/mol. The molecule has 0 spiro atoms. The van der Waals surface area contributed by atoms with E-state index < -0.39 is 10.0 Å². The molecular weight excluding hydrogens is 290 g/mol. The highest BCUT2D eigenvalue weighted by Crippen LogP contribution is 2.07. The molecule has 0 aliphatic heterocycles. The van der Waals surface area contributed by atoms with Gasteiger partial charge in [0.1, 0.15) is 6.33 Å². The molecule has 2 heterocycles. The number of pyridine rings is 1. The van der Waals surface area contributed by atoms with Crippen LogP contribution in [-0.2, 0) is 23.1 Å². The quantitative estimate of drug-likeness (QED) is 0.771. The zero-order chi connectivity index (χ0) is 15.1. The fraction of sp³-hybridized carbons (Fsp3) is 0.308. The van der Waals surface area contributed by atoms with Crippen LogP contribution in [0.2, 0.25) is 0 Å². The Balaban J connectivity index is 2.02. The van der Waals surface area contributed by atoms with E-state index in [0.717, 1.165) is 12.1 Å². The largest absolute Gasteiger partial charge is 0.313 e. The third kappa shape index (κ3) is 4.55. The molecule has 7 nitrogen and oxygen atoms in total. The smallest absolute Gasteiger partial charge is 0.258 e. The number of hydrogen-bond donors (Lipinski definition) is 2. The zero-order valence-corrected chi connectivity index (χ0v) is 12.5. The Morgan fingerprint density at radius 3 is 2.62 bits per heavy atom. The molecular formula is C13H17N5O2S. The molecule has 0 bridgehead atoms. The first-order chi connectivity index (χ1) is 10.1. The van der Waals surface area contributed by atoms with Crippen LogP contribution in [0.5, 0.6) is 0 Å². The van der Waals surface area contributed by atoms with Crippen molar-refractivity contribution < 1.29 is 8.42 Å². The molecule has 0 saturated heterocycles. The van der Waals surface area contributed by atoms with Gasteiger partial charge in [0.15, 0.2) is 5.03 Å². The van der Waals surface area contributed by atoms with Crippen LogP contribution >= 0.6 is 0 Å². The lowest BCUT2D eigenvalue weighted by Crippen LogP contribution is -2.24. The summed E-state index contributed by atoms with van der Waals surface area (Å²) >= 11 is 0. The van der Waals surface area contributed by atoms with E-state index in [-0.39, 0.29) is 11.6 Å². The number of rotatable bonds is 7. The molecule has 0 aliphatic rings. The Morgan fingerprint density at radius 2 is 2.00 bits per heavy atom. The third-order valence-electron chi connectivity index (χ3n) is 2.74. The first-order valence-electron chi connectivity index (χ1n) is 6.52. The van der Waals surface area contributed by atoms with E-state index in [0.29, 0.717) is 12.2 Å². The van der Waals surface area contributed by atoms with Gasteiger partial charge in [0, 0.05) is 18.9 Å². The summed E-state index contributed by atoms with van der Waals surface area (Å²) in [6, 6.07) is 4.89. The fourth-order valence-corrected chi connectivity index (χ4v) is 2.53. The molecule has 21 heavy (non-hydrogen) atoms. The van der Waals surface area contributed by atoms with Gasteiger partial charge in [-0.3, -0.25) is 0 Å². The van der Waals surface area contributed by atoms with Gasteiger partial charge in [0.25, 0.3) is 10.0 Å². The number of sulfonamides is 1. The topological polar surface area (TPSA) is 96.9 Å². The molecule has 0 amide bonds. The highest BCUT2D eigenvalue weighted by Gasteiger charge is 2.15. The molecule has 2 rings (SSSR count). The molecule has 0 unspecified atom stereocenters. The molecule has 2 aromatic heterocycles. The van der Waals surface area contributed by atoms with Gasteiger partial charge in [-0.1, -0.05) is 13.0 Å². The molecule has 2 N–H and O–H groups in total. The summed E-state index contributed by atoms with van der Waals surface area (Å²) in [6.07, 6.45) is 4.49. The van der Waals surface area contributed by atoms with Crippen LogP contribution in [0.15, 0.2) is 41.9 Å². The lowest BCUT2D eigenvalue weighted by molar-refractivity contribution is 0.576. The summed E-state index contributed by atoms with van der Waals surface area (Å²) in [6.45, 7) is 3.62. The standard InChI is InChI=1S/C13H17N5O2S/c1-2-14-7-11-3-4-13(16-8-11)21(19,20)18-9-12-5-6-15-10-17-12/h3-6,8,10,14,18H,2,7,9H2,1H3. The van der Waals surface area contributed by atoms with Crippen molar-refractivity contribution in [1.82, 2.24) is 25.0 Å². The number of aromatic nitrogens is 3. The van der Waals surface area contributed by atoms with Gasteiger partial charge in [-0.05, 0) is 24.2 Å². The van der Waals surface area contributed by atoms with Crippen molar-refractivity contribution >= 4 is 10.0 Å². The second-order valence-electron chi connectivity index (χ2n) is 4.31. The van der Waals surface area contributed by atoms with Crippen LogP contribution in [0, 0.1) is 0 Å². The summed E-state index contributed by atoms with van der Waals surface area (Å²) in [5.74, 6) is 0. The lowest BCUT2D eigenvalue weighted by atomic mass is 10.3. The second kappa shape index (κ2) is 7.21. The van der Waals surface area contributed by atoms with Gasteiger partial charge in [0.05, 0.1) is 12.2 Å². The van der Waals surface area contributed by atoms with Gasteiger partial charge in [-0.2, -0.15) is 0 Å². The van der Waals surface area contributed by atoms with Crippen LogP contribution in [0.4, 0.5) is 0 Å². The van der Waals surface area contributed by atoms with Crippen molar-refractivity contribution in [1.29, 1.82) is 0 Å². The summed E-state index contributed by atoms with van der Waals surface area (Å²) in [5, 5.41) is 3.15. The van der Waals surface area contributed by atoms with Crippen molar-refractivity contribution in [3.05, 3.63) is 48.2 Å². The number of hydrogen-bond acceptors (Lipinski definition) is 6. The van der Waals surface area contributed by atoms with Crippen molar-refractivity contribution in [3.63, 3.8) is 0 Å². The fourth-order valence-electron chi connectivity index (χ4n) is 1.61. The highest BCUT2D eigenvalue weighted by atomic mass is 32.2. The Labute approximate surface area is 123 Å². The summed E-state index contributed by atoms with van der Waals surface area (Å²) in [4.78, 5) is 11.7. The van der Waals surface area contributed by atoms with Crippen LogP contribution in [-0.4, -0.2) is 29.9 Å². The molecule has 2 aromatic rings. The highest BCUT2D eigenvalue weighted by molar-refractivity contribution is 7.89.